The highest BCUT2D eigenvalue weighted by Crippen LogP contribution is 2.37. The largest absolute Gasteiger partial charge is 0.495 e. The van der Waals surface area contributed by atoms with Gasteiger partial charge in [0.15, 0.2) is 0 Å². The van der Waals surface area contributed by atoms with Crippen LogP contribution >= 0.6 is 11.6 Å². The fourth-order valence-electron chi connectivity index (χ4n) is 4.00. The number of carbonyl (C=O) groups is 2. The molecule has 202 valence electrons. The maximum atomic E-state index is 14.2. The number of halogens is 2. The minimum absolute atomic E-state index is 0.0625. The molecule has 11 heteroatoms. The number of ether oxygens (including phenoxy) is 2. The zero-order chi connectivity index (χ0) is 28.0. The van der Waals surface area contributed by atoms with Crippen LogP contribution in [0.15, 0.2) is 47.5 Å². The van der Waals surface area contributed by atoms with E-state index in [2.05, 4.69) is 15.6 Å². The molecule has 9 nitrogen and oxygen atoms in total. The van der Waals surface area contributed by atoms with Gasteiger partial charge in [0, 0.05) is 38.8 Å². The van der Waals surface area contributed by atoms with Crippen LogP contribution in [0.2, 0.25) is 5.02 Å². The number of hydrogen-bond acceptors (Lipinski definition) is 6. The molecule has 0 aliphatic carbocycles. The standard InChI is InChI=1S/C27H30ClFN4O5/c1-15(2)17-11-21(29)20(28)10-18(17)19-12-25(34)33(14-24(19)38-5)23(8-9-37-4)27(36)32-16-6-7-22(31-13-16)26(35)30-3/h6-7,10-15,23H,8-9H2,1-5H3,(H,30,35)(H,32,36). The number of anilines is 1. The van der Waals surface area contributed by atoms with Crippen LogP contribution < -0.4 is 20.9 Å². The number of hydrogen-bond donors (Lipinski definition) is 2. The highest BCUT2D eigenvalue weighted by Gasteiger charge is 2.25. The summed E-state index contributed by atoms with van der Waals surface area (Å²) in [5.41, 5.74) is 1.72. The average Bonchev–Trinajstić information content (AvgIpc) is 2.90. The first kappa shape index (κ1) is 28.8. The third-order valence-electron chi connectivity index (χ3n) is 5.99. The van der Waals surface area contributed by atoms with E-state index in [1.807, 2.05) is 13.8 Å². The Morgan fingerprint density at radius 1 is 1.16 bits per heavy atom. The highest BCUT2D eigenvalue weighted by molar-refractivity contribution is 6.31. The van der Waals surface area contributed by atoms with Crippen molar-refractivity contribution in [3.63, 3.8) is 0 Å². The number of nitrogens with one attached hydrogen (secondary N) is 2. The molecule has 0 spiro atoms. The van der Waals surface area contributed by atoms with E-state index >= 15 is 0 Å². The normalized spacial score (nSPS) is 11.8. The van der Waals surface area contributed by atoms with E-state index in [1.54, 1.807) is 6.07 Å². The topological polar surface area (TPSA) is 112 Å². The van der Waals surface area contributed by atoms with E-state index in [1.165, 1.54) is 62.5 Å². The first-order valence-corrected chi connectivity index (χ1v) is 12.3. The molecule has 1 aromatic carbocycles. The molecular weight excluding hydrogens is 515 g/mol. The fourth-order valence-corrected chi connectivity index (χ4v) is 4.16. The van der Waals surface area contributed by atoms with Gasteiger partial charge in [0.25, 0.3) is 11.5 Å². The molecule has 2 N–H and O–H groups in total. The summed E-state index contributed by atoms with van der Waals surface area (Å²) in [5, 5.41) is 5.13. The number of nitrogens with zero attached hydrogens (tertiary/aromatic N) is 2. The number of pyridine rings is 2. The van der Waals surface area contributed by atoms with Crippen molar-refractivity contribution in [1.29, 1.82) is 0 Å². The third kappa shape index (κ3) is 6.38. The Hall–Kier alpha value is -3.76. The van der Waals surface area contributed by atoms with Crippen molar-refractivity contribution >= 4 is 29.1 Å². The van der Waals surface area contributed by atoms with Gasteiger partial charge in [0.2, 0.25) is 5.91 Å². The number of carbonyl (C=O) groups excluding carboxylic acids is 2. The Balaban J connectivity index is 2.03. The van der Waals surface area contributed by atoms with Crippen LogP contribution in [0.1, 0.15) is 48.3 Å². The van der Waals surface area contributed by atoms with Crippen LogP contribution in [0.25, 0.3) is 11.1 Å². The number of aromatic nitrogens is 2. The van der Waals surface area contributed by atoms with Gasteiger partial charge in [-0.3, -0.25) is 19.0 Å². The number of methoxy groups -OCH3 is 2. The summed E-state index contributed by atoms with van der Waals surface area (Å²) in [6, 6.07) is 6.24. The van der Waals surface area contributed by atoms with Crippen molar-refractivity contribution in [3.8, 4) is 16.9 Å². The van der Waals surface area contributed by atoms with Gasteiger partial charge in [-0.25, -0.2) is 9.37 Å². The maximum Gasteiger partial charge on any atom is 0.269 e. The van der Waals surface area contributed by atoms with E-state index < -0.39 is 23.3 Å². The van der Waals surface area contributed by atoms with E-state index in [0.29, 0.717) is 28.1 Å². The third-order valence-corrected chi connectivity index (χ3v) is 6.28. The van der Waals surface area contributed by atoms with Gasteiger partial charge >= 0.3 is 0 Å². The zero-order valence-corrected chi connectivity index (χ0v) is 22.6. The Morgan fingerprint density at radius 2 is 1.89 bits per heavy atom. The molecule has 0 aliphatic rings. The average molecular weight is 545 g/mol. The van der Waals surface area contributed by atoms with E-state index in [-0.39, 0.29) is 35.6 Å². The molecule has 0 radical (unpaired) electrons. The minimum atomic E-state index is -0.953. The van der Waals surface area contributed by atoms with Crippen LogP contribution in [0.5, 0.6) is 5.75 Å². The second-order valence-corrected chi connectivity index (χ2v) is 9.21. The summed E-state index contributed by atoms with van der Waals surface area (Å²) in [6.07, 6.45) is 2.99. The van der Waals surface area contributed by atoms with Gasteiger partial charge in [-0.2, -0.15) is 0 Å². The lowest BCUT2D eigenvalue weighted by Gasteiger charge is -2.22. The van der Waals surface area contributed by atoms with Crippen molar-refractivity contribution in [2.24, 2.45) is 0 Å². The van der Waals surface area contributed by atoms with Crippen molar-refractivity contribution in [2.45, 2.75) is 32.2 Å². The molecule has 2 heterocycles. The van der Waals surface area contributed by atoms with Crippen LogP contribution in [-0.4, -0.2) is 49.2 Å². The number of benzene rings is 1. The first-order valence-electron chi connectivity index (χ1n) is 11.9. The van der Waals surface area contributed by atoms with Gasteiger partial charge in [-0.1, -0.05) is 25.4 Å². The quantitative estimate of drug-likeness (QED) is 0.391. The van der Waals surface area contributed by atoms with Gasteiger partial charge in [0.1, 0.15) is 23.3 Å². The molecule has 2 aromatic heterocycles. The molecule has 0 bridgehead atoms. The van der Waals surface area contributed by atoms with Crippen LogP contribution in [0.3, 0.4) is 0 Å². The van der Waals surface area contributed by atoms with Crippen LogP contribution in [0, 0.1) is 5.82 Å². The first-order chi connectivity index (χ1) is 18.1. The molecule has 3 rings (SSSR count). The summed E-state index contributed by atoms with van der Waals surface area (Å²) in [6.45, 7) is 4.01. The van der Waals surface area contributed by atoms with Gasteiger partial charge < -0.3 is 20.1 Å². The van der Waals surface area contributed by atoms with E-state index in [4.69, 9.17) is 21.1 Å². The zero-order valence-electron chi connectivity index (χ0n) is 21.8. The van der Waals surface area contributed by atoms with Crippen LogP contribution in [0.4, 0.5) is 10.1 Å². The molecular formula is C27H30ClFN4O5. The Morgan fingerprint density at radius 3 is 2.47 bits per heavy atom. The van der Waals surface area contributed by atoms with E-state index in [9.17, 15) is 18.8 Å². The number of rotatable bonds is 10. The monoisotopic (exact) mass is 544 g/mol. The van der Waals surface area contributed by atoms with Crippen molar-refractivity contribution < 1.29 is 23.5 Å². The van der Waals surface area contributed by atoms with Gasteiger partial charge in [-0.05, 0) is 41.3 Å². The van der Waals surface area contributed by atoms with Crippen molar-refractivity contribution in [2.75, 3.05) is 33.2 Å². The molecule has 3 aromatic rings. The smallest absolute Gasteiger partial charge is 0.269 e. The second kappa shape index (κ2) is 12.7. The molecule has 2 amide bonds. The summed E-state index contributed by atoms with van der Waals surface area (Å²) < 4.78 is 26.3. The fraction of sp³-hybridized carbons (Fsp3) is 0.333. The lowest BCUT2D eigenvalue weighted by Crippen LogP contribution is -2.34. The summed E-state index contributed by atoms with van der Waals surface area (Å²) in [5.74, 6) is -1.15. The van der Waals surface area contributed by atoms with Gasteiger partial charge in [-0.15, -0.1) is 0 Å². The Kier molecular flexibility index (Phi) is 9.60. The van der Waals surface area contributed by atoms with Crippen LogP contribution in [-0.2, 0) is 9.53 Å². The molecule has 1 atom stereocenters. The summed E-state index contributed by atoms with van der Waals surface area (Å²) in [4.78, 5) is 42.4. The lowest BCUT2D eigenvalue weighted by atomic mass is 9.92. The maximum absolute atomic E-state index is 14.2. The Bertz CT molecular complexity index is 1380. The lowest BCUT2D eigenvalue weighted by molar-refractivity contribution is -0.119. The predicted octanol–water partition coefficient (Wildman–Crippen LogP) is 4.41. The summed E-state index contributed by atoms with van der Waals surface area (Å²) >= 11 is 6.08. The molecule has 38 heavy (non-hydrogen) atoms. The molecule has 0 fully saturated rings. The Labute approximate surface area is 224 Å². The minimum Gasteiger partial charge on any atom is -0.495 e. The SMILES string of the molecule is CNC(=O)c1ccc(NC(=O)C(CCOC)n2cc(OC)c(-c3cc(Cl)c(F)cc3C(C)C)cc2=O)cn1. The molecule has 1 unspecified atom stereocenters. The summed E-state index contributed by atoms with van der Waals surface area (Å²) in [7, 11) is 4.43. The van der Waals surface area contributed by atoms with E-state index in [0.717, 1.165) is 0 Å². The van der Waals surface area contributed by atoms with Gasteiger partial charge in [0.05, 0.1) is 30.2 Å². The molecule has 0 saturated carbocycles. The number of amides is 2. The second-order valence-electron chi connectivity index (χ2n) is 8.81. The molecule has 0 saturated heterocycles. The predicted molar refractivity (Wildman–Crippen MR) is 144 cm³/mol. The van der Waals surface area contributed by atoms with Crippen molar-refractivity contribution in [1.82, 2.24) is 14.9 Å². The molecule has 0 aliphatic heterocycles. The highest BCUT2D eigenvalue weighted by atomic mass is 35.5. The van der Waals surface area contributed by atoms with Crippen molar-refractivity contribution in [3.05, 3.63) is 75.2 Å².